The lowest BCUT2D eigenvalue weighted by Gasteiger charge is -2.32. The minimum Gasteiger partial charge on any atom is -0.325 e. The van der Waals surface area contributed by atoms with Crippen LogP contribution in [0.15, 0.2) is 42.7 Å². The third-order valence-corrected chi connectivity index (χ3v) is 5.93. The minimum absolute atomic E-state index is 0.262. The van der Waals surface area contributed by atoms with Crippen molar-refractivity contribution in [1.82, 2.24) is 19.6 Å². The molecule has 0 aliphatic carbocycles. The highest BCUT2D eigenvalue weighted by Gasteiger charge is 2.46. The molecular weight excluding hydrogens is 434 g/mol. The summed E-state index contributed by atoms with van der Waals surface area (Å²) in [6.07, 6.45) is -1.60. The number of fused-ring (bicyclic) bond motifs is 4. The van der Waals surface area contributed by atoms with Crippen molar-refractivity contribution in [3.8, 4) is 11.8 Å². The summed E-state index contributed by atoms with van der Waals surface area (Å²) in [5.41, 5.74) is 0.380. The maximum Gasteiger partial charge on any atom is 0.404 e. The number of anilines is 2. The third-order valence-electron chi connectivity index (χ3n) is 5.93. The molecule has 5 rings (SSSR count). The molecule has 1 aliphatic heterocycles. The van der Waals surface area contributed by atoms with Crippen molar-refractivity contribution in [1.29, 1.82) is 0 Å². The average molecular weight is 453 g/mol. The number of nitrogens with zero attached hydrogens (tertiary/aromatic N) is 5. The van der Waals surface area contributed by atoms with E-state index in [1.54, 1.807) is 24.3 Å². The molecule has 168 valence electrons. The summed E-state index contributed by atoms with van der Waals surface area (Å²) in [6.45, 7) is 2.75. The van der Waals surface area contributed by atoms with E-state index in [9.17, 15) is 17.6 Å². The van der Waals surface area contributed by atoms with Gasteiger partial charge in [0.2, 0.25) is 0 Å². The molecule has 0 saturated carbocycles. The first-order valence-electron chi connectivity index (χ1n) is 10.4. The predicted molar refractivity (Wildman–Crippen MR) is 117 cm³/mol. The second-order valence-electron chi connectivity index (χ2n) is 8.50. The van der Waals surface area contributed by atoms with E-state index in [1.165, 1.54) is 16.8 Å². The maximum absolute atomic E-state index is 14.8. The Labute approximate surface area is 187 Å². The SMILES string of the molecule is CC(C)(C#Cc1cccc2c1CCCN2c1nc2nncn2c2c(F)cccc12)C(F)(F)F. The number of aromatic nitrogens is 4. The van der Waals surface area contributed by atoms with Gasteiger partial charge in [-0.05, 0) is 56.5 Å². The van der Waals surface area contributed by atoms with Crippen LogP contribution in [0.5, 0.6) is 0 Å². The molecule has 9 heteroatoms. The van der Waals surface area contributed by atoms with Crippen molar-refractivity contribution in [2.45, 2.75) is 32.9 Å². The Balaban J connectivity index is 1.68. The highest BCUT2D eigenvalue weighted by atomic mass is 19.4. The Hall–Kier alpha value is -3.67. The van der Waals surface area contributed by atoms with Crippen molar-refractivity contribution in [2.75, 3.05) is 11.4 Å². The summed E-state index contributed by atoms with van der Waals surface area (Å²) in [5, 5.41) is 8.45. The molecule has 0 saturated heterocycles. The highest BCUT2D eigenvalue weighted by molar-refractivity contribution is 5.94. The number of benzene rings is 2. The van der Waals surface area contributed by atoms with Gasteiger partial charge in [0.25, 0.3) is 5.78 Å². The van der Waals surface area contributed by atoms with Gasteiger partial charge in [-0.25, -0.2) is 4.39 Å². The zero-order chi connectivity index (χ0) is 23.4. The van der Waals surface area contributed by atoms with Gasteiger partial charge in [0.15, 0.2) is 0 Å². The van der Waals surface area contributed by atoms with Gasteiger partial charge in [-0.2, -0.15) is 18.2 Å². The van der Waals surface area contributed by atoms with Crippen LogP contribution < -0.4 is 4.90 Å². The van der Waals surface area contributed by atoms with Gasteiger partial charge < -0.3 is 4.90 Å². The van der Waals surface area contributed by atoms with Crippen LogP contribution in [0.25, 0.3) is 16.7 Å². The van der Waals surface area contributed by atoms with Crippen LogP contribution in [-0.4, -0.2) is 32.3 Å². The average Bonchev–Trinajstić information content (AvgIpc) is 3.24. The van der Waals surface area contributed by atoms with E-state index in [0.717, 1.165) is 31.5 Å². The third kappa shape index (κ3) is 3.46. The molecule has 3 heterocycles. The van der Waals surface area contributed by atoms with Crippen LogP contribution in [0.4, 0.5) is 29.1 Å². The molecule has 2 aromatic heterocycles. The second kappa shape index (κ2) is 7.44. The van der Waals surface area contributed by atoms with Crippen LogP contribution in [-0.2, 0) is 6.42 Å². The van der Waals surface area contributed by atoms with Gasteiger partial charge in [-0.1, -0.05) is 24.0 Å². The normalized spacial score (nSPS) is 14.3. The number of alkyl halides is 3. The molecule has 33 heavy (non-hydrogen) atoms. The first kappa shape index (κ1) is 21.2. The van der Waals surface area contributed by atoms with E-state index >= 15 is 0 Å². The summed E-state index contributed by atoms with van der Waals surface area (Å²) in [4.78, 5) is 6.59. The summed E-state index contributed by atoms with van der Waals surface area (Å²) < 4.78 is 56.1. The first-order chi connectivity index (χ1) is 15.7. The minimum atomic E-state index is -4.43. The molecule has 0 radical (unpaired) electrons. The van der Waals surface area contributed by atoms with Crippen molar-refractivity contribution in [3.05, 3.63) is 59.7 Å². The fourth-order valence-electron chi connectivity index (χ4n) is 4.02. The van der Waals surface area contributed by atoms with Gasteiger partial charge >= 0.3 is 6.18 Å². The van der Waals surface area contributed by atoms with Crippen molar-refractivity contribution >= 4 is 28.2 Å². The van der Waals surface area contributed by atoms with Crippen molar-refractivity contribution in [3.63, 3.8) is 0 Å². The Bertz CT molecular complexity index is 1440. The van der Waals surface area contributed by atoms with Crippen LogP contribution in [0, 0.1) is 23.1 Å². The Morgan fingerprint density at radius 1 is 1.06 bits per heavy atom. The van der Waals surface area contributed by atoms with Crippen LogP contribution in [0.3, 0.4) is 0 Å². The molecule has 4 aromatic rings. The van der Waals surface area contributed by atoms with Crippen LogP contribution in [0.2, 0.25) is 0 Å². The highest BCUT2D eigenvalue weighted by Crippen LogP contribution is 2.39. The fraction of sp³-hybridized carbons (Fsp3) is 0.292. The van der Waals surface area contributed by atoms with E-state index in [4.69, 9.17) is 0 Å². The smallest absolute Gasteiger partial charge is 0.325 e. The summed E-state index contributed by atoms with van der Waals surface area (Å²) in [7, 11) is 0. The lowest BCUT2D eigenvalue weighted by Crippen LogP contribution is -2.30. The van der Waals surface area contributed by atoms with Gasteiger partial charge in [0.05, 0.1) is 5.52 Å². The summed E-state index contributed by atoms with van der Waals surface area (Å²) in [6, 6.07) is 10.1. The molecular formula is C24H19F4N5. The van der Waals surface area contributed by atoms with Crippen LogP contribution >= 0.6 is 0 Å². The fourth-order valence-corrected chi connectivity index (χ4v) is 4.02. The molecule has 0 amide bonds. The summed E-state index contributed by atoms with van der Waals surface area (Å²) in [5.74, 6) is 5.52. The van der Waals surface area contributed by atoms with E-state index in [-0.39, 0.29) is 5.78 Å². The molecule has 0 unspecified atom stereocenters. The number of hydrogen-bond acceptors (Lipinski definition) is 4. The molecule has 0 N–H and O–H groups in total. The Kier molecular flexibility index (Phi) is 4.78. The Morgan fingerprint density at radius 2 is 1.85 bits per heavy atom. The number of para-hydroxylation sites is 1. The van der Waals surface area contributed by atoms with E-state index in [2.05, 4.69) is 27.0 Å². The lowest BCUT2D eigenvalue weighted by molar-refractivity contribution is -0.190. The van der Waals surface area contributed by atoms with Crippen LogP contribution in [0.1, 0.15) is 31.4 Å². The van der Waals surface area contributed by atoms with E-state index < -0.39 is 17.4 Å². The number of rotatable bonds is 1. The zero-order valence-corrected chi connectivity index (χ0v) is 17.9. The first-order valence-corrected chi connectivity index (χ1v) is 10.4. The predicted octanol–water partition coefficient (Wildman–Crippen LogP) is 5.44. The Morgan fingerprint density at radius 3 is 2.64 bits per heavy atom. The topological polar surface area (TPSA) is 46.3 Å². The maximum atomic E-state index is 14.8. The molecule has 0 spiro atoms. The van der Waals surface area contributed by atoms with E-state index in [0.29, 0.717) is 35.2 Å². The van der Waals surface area contributed by atoms with Gasteiger partial charge in [0.1, 0.15) is 23.4 Å². The number of hydrogen-bond donors (Lipinski definition) is 0. The molecule has 2 aromatic carbocycles. The van der Waals surface area contributed by atoms with Gasteiger partial charge in [-0.15, -0.1) is 10.2 Å². The molecule has 0 bridgehead atoms. The van der Waals surface area contributed by atoms with Crippen molar-refractivity contribution < 1.29 is 17.6 Å². The second-order valence-corrected chi connectivity index (χ2v) is 8.50. The zero-order valence-electron chi connectivity index (χ0n) is 17.9. The molecule has 0 atom stereocenters. The standard InChI is InChI=1S/C24H19F4N5/c1-23(2,24(26,27)28)12-11-15-6-3-10-19-16(15)8-5-13-32(19)21-17-7-4-9-18(25)20(17)33-14-29-31-22(33)30-21/h3-4,6-7,9-10,14H,5,8,13H2,1-2H3. The van der Waals surface area contributed by atoms with Gasteiger partial charge in [-0.3, -0.25) is 4.40 Å². The molecule has 5 nitrogen and oxygen atoms in total. The van der Waals surface area contributed by atoms with E-state index in [1.807, 2.05) is 11.0 Å². The quantitative estimate of drug-likeness (QED) is 0.284. The monoisotopic (exact) mass is 453 g/mol. The van der Waals surface area contributed by atoms with Gasteiger partial charge in [0, 0.05) is 23.2 Å². The van der Waals surface area contributed by atoms with Crippen molar-refractivity contribution in [2.24, 2.45) is 5.41 Å². The molecule has 1 aliphatic rings. The summed E-state index contributed by atoms with van der Waals surface area (Å²) >= 11 is 0. The largest absolute Gasteiger partial charge is 0.404 e. The lowest BCUT2D eigenvalue weighted by atomic mass is 9.91. The number of halogens is 4. The molecule has 0 fully saturated rings.